The van der Waals surface area contributed by atoms with Gasteiger partial charge in [0, 0.05) is 6.42 Å². The third-order valence-electron chi connectivity index (χ3n) is 3.42. The molecule has 0 saturated heterocycles. The summed E-state index contributed by atoms with van der Waals surface area (Å²) in [4.78, 5) is 11.2. The summed E-state index contributed by atoms with van der Waals surface area (Å²) in [5.41, 5.74) is 2.67. The van der Waals surface area contributed by atoms with Crippen LogP contribution < -0.4 is 4.74 Å². The Labute approximate surface area is 109 Å². The van der Waals surface area contributed by atoms with E-state index in [9.17, 15) is 4.79 Å². The number of allylic oxidation sites excluding steroid dienone is 2. The molecule has 0 fully saturated rings. The van der Waals surface area contributed by atoms with Gasteiger partial charge in [0.1, 0.15) is 5.75 Å². The van der Waals surface area contributed by atoms with Gasteiger partial charge in [-0.15, -0.1) is 0 Å². The molecule has 2 rings (SSSR count). The largest absolute Gasteiger partial charge is 0.427 e. The lowest BCUT2D eigenvalue weighted by molar-refractivity contribution is -0.134. The van der Waals surface area contributed by atoms with Gasteiger partial charge in [-0.1, -0.05) is 32.1 Å². The van der Waals surface area contributed by atoms with Crippen LogP contribution in [0.3, 0.4) is 0 Å². The van der Waals surface area contributed by atoms with Crippen LogP contribution in [-0.2, 0) is 4.79 Å². The van der Waals surface area contributed by atoms with Gasteiger partial charge < -0.3 is 4.74 Å². The van der Waals surface area contributed by atoms with Crippen molar-refractivity contribution in [2.45, 2.75) is 39.5 Å². The average molecular weight is 244 g/mol. The van der Waals surface area contributed by atoms with Crippen LogP contribution >= 0.6 is 0 Å². The van der Waals surface area contributed by atoms with Crippen molar-refractivity contribution in [3.63, 3.8) is 0 Å². The minimum atomic E-state index is -0.187. The smallest absolute Gasteiger partial charge is 0.310 e. The van der Waals surface area contributed by atoms with Gasteiger partial charge in [-0.05, 0) is 48.4 Å². The maximum atomic E-state index is 11.2. The maximum Gasteiger partial charge on any atom is 0.310 e. The van der Waals surface area contributed by atoms with Crippen molar-refractivity contribution in [2.75, 3.05) is 0 Å². The molecule has 0 saturated carbocycles. The van der Waals surface area contributed by atoms with E-state index in [2.05, 4.69) is 13.0 Å². The van der Waals surface area contributed by atoms with Gasteiger partial charge in [0.15, 0.2) is 0 Å². The number of carbonyl (C=O) groups excluding carboxylic acids is 1. The Morgan fingerprint density at radius 1 is 1.33 bits per heavy atom. The van der Waals surface area contributed by atoms with Gasteiger partial charge in [-0.3, -0.25) is 4.79 Å². The fourth-order valence-corrected chi connectivity index (χ4v) is 2.17. The molecule has 0 aliphatic heterocycles. The van der Waals surface area contributed by atoms with Crippen molar-refractivity contribution in [1.29, 1.82) is 0 Å². The highest BCUT2D eigenvalue weighted by molar-refractivity contribution is 5.72. The monoisotopic (exact) mass is 244 g/mol. The van der Waals surface area contributed by atoms with E-state index < -0.39 is 0 Å². The molecule has 0 aromatic heterocycles. The fourth-order valence-electron chi connectivity index (χ4n) is 2.17. The number of benzene rings is 1. The van der Waals surface area contributed by atoms with Gasteiger partial charge in [0.05, 0.1) is 0 Å². The van der Waals surface area contributed by atoms with E-state index in [-0.39, 0.29) is 5.97 Å². The first kappa shape index (κ1) is 12.9. The van der Waals surface area contributed by atoms with E-state index in [1.165, 1.54) is 24.0 Å². The lowest BCUT2D eigenvalue weighted by Gasteiger charge is -2.18. The van der Waals surface area contributed by atoms with Crippen molar-refractivity contribution in [2.24, 2.45) is 5.92 Å². The van der Waals surface area contributed by atoms with Crippen LogP contribution in [0.4, 0.5) is 0 Å². The molecule has 96 valence electrons. The molecule has 1 aromatic rings. The highest BCUT2D eigenvalue weighted by Gasteiger charge is 2.11. The maximum absolute atomic E-state index is 11.2. The Morgan fingerprint density at radius 2 is 2.06 bits per heavy atom. The van der Waals surface area contributed by atoms with Crippen LogP contribution in [0.5, 0.6) is 5.75 Å². The van der Waals surface area contributed by atoms with Gasteiger partial charge in [0.25, 0.3) is 0 Å². The molecule has 0 amide bonds. The normalized spacial score (nSPS) is 19.2. The van der Waals surface area contributed by atoms with Gasteiger partial charge in [-0.2, -0.15) is 0 Å². The number of rotatable bonds is 3. The second-order valence-electron chi connectivity index (χ2n) is 4.96. The molecule has 18 heavy (non-hydrogen) atoms. The Bertz CT molecular complexity index is 443. The number of hydrogen-bond acceptors (Lipinski definition) is 2. The summed E-state index contributed by atoms with van der Waals surface area (Å²) in [5, 5.41) is 0. The predicted octanol–water partition coefficient (Wildman–Crippen LogP) is 4.21. The Balaban J connectivity index is 2.06. The number of carbonyl (C=O) groups is 1. The topological polar surface area (TPSA) is 26.3 Å². The summed E-state index contributed by atoms with van der Waals surface area (Å²) in [5.74, 6) is 1.25. The molecule has 1 aromatic carbocycles. The molecule has 1 aliphatic carbocycles. The zero-order valence-corrected chi connectivity index (χ0v) is 11.1. The van der Waals surface area contributed by atoms with Crippen LogP contribution in [-0.4, -0.2) is 5.97 Å². The van der Waals surface area contributed by atoms with Crippen molar-refractivity contribution in [3.8, 4) is 5.75 Å². The minimum absolute atomic E-state index is 0.187. The zero-order chi connectivity index (χ0) is 13.0. The first-order chi connectivity index (χ1) is 8.69. The van der Waals surface area contributed by atoms with Crippen LogP contribution in [0.15, 0.2) is 30.3 Å². The summed E-state index contributed by atoms with van der Waals surface area (Å²) in [7, 11) is 0. The highest BCUT2D eigenvalue weighted by Crippen LogP contribution is 2.30. The highest BCUT2D eigenvalue weighted by atomic mass is 16.5. The minimum Gasteiger partial charge on any atom is -0.427 e. The molecular formula is C16H20O2. The van der Waals surface area contributed by atoms with Crippen LogP contribution in [0.1, 0.15) is 45.1 Å². The predicted molar refractivity (Wildman–Crippen MR) is 73.4 cm³/mol. The summed E-state index contributed by atoms with van der Waals surface area (Å²) in [6.07, 6.45) is 6.32. The van der Waals surface area contributed by atoms with E-state index in [0.29, 0.717) is 12.2 Å². The molecule has 1 aliphatic rings. The average Bonchev–Trinajstić information content (AvgIpc) is 2.40. The summed E-state index contributed by atoms with van der Waals surface area (Å²) in [6.45, 7) is 4.09. The zero-order valence-electron chi connectivity index (χ0n) is 11.1. The van der Waals surface area contributed by atoms with Gasteiger partial charge in [0.2, 0.25) is 0 Å². The molecule has 2 nitrogen and oxygen atoms in total. The SMILES string of the molecule is CCC(=O)Oc1ccc(C2=CCC(C)CC2)cc1. The number of esters is 1. The first-order valence-electron chi connectivity index (χ1n) is 6.69. The lowest BCUT2D eigenvalue weighted by atomic mass is 9.88. The van der Waals surface area contributed by atoms with Gasteiger partial charge >= 0.3 is 5.97 Å². The summed E-state index contributed by atoms with van der Waals surface area (Å²) < 4.78 is 5.16. The van der Waals surface area contributed by atoms with Crippen LogP contribution in [0.2, 0.25) is 0 Å². The molecule has 0 N–H and O–H groups in total. The van der Waals surface area contributed by atoms with Crippen molar-refractivity contribution in [3.05, 3.63) is 35.9 Å². The van der Waals surface area contributed by atoms with Crippen molar-refractivity contribution >= 4 is 11.5 Å². The Kier molecular flexibility index (Phi) is 4.19. The van der Waals surface area contributed by atoms with Crippen LogP contribution in [0.25, 0.3) is 5.57 Å². The lowest BCUT2D eigenvalue weighted by Crippen LogP contribution is -2.05. The third kappa shape index (κ3) is 3.22. The molecule has 0 spiro atoms. The second kappa shape index (κ2) is 5.85. The van der Waals surface area contributed by atoms with E-state index in [1.54, 1.807) is 6.92 Å². The third-order valence-corrected chi connectivity index (χ3v) is 3.42. The molecule has 2 heteroatoms. The second-order valence-corrected chi connectivity index (χ2v) is 4.96. The Hall–Kier alpha value is -1.57. The number of ether oxygens (including phenoxy) is 1. The molecule has 0 bridgehead atoms. The summed E-state index contributed by atoms with van der Waals surface area (Å²) >= 11 is 0. The standard InChI is InChI=1S/C16H20O2/c1-3-16(17)18-15-10-8-14(9-11-15)13-6-4-12(2)5-7-13/h6,8-12H,3-5,7H2,1-2H3. The van der Waals surface area contributed by atoms with E-state index in [0.717, 1.165) is 12.3 Å². The first-order valence-corrected chi connectivity index (χ1v) is 6.69. The van der Waals surface area contributed by atoms with E-state index in [4.69, 9.17) is 4.74 Å². The fraction of sp³-hybridized carbons (Fsp3) is 0.438. The van der Waals surface area contributed by atoms with Crippen molar-refractivity contribution in [1.82, 2.24) is 0 Å². The van der Waals surface area contributed by atoms with E-state index in [1.807, 2.05) is 24.3 Å². The van der Waals surface area contributed by atoms with E-state index >= 15 is 0 Å². The molecular weight excluding hydrogens is 224 g/mol. The molecule has 1 atom stereocenters. The van der Waals surface area contributed by atoms with Crippen molar-refractivity contribution < 1.29 is 9.53 Å². The van der Waals surface area contributed by atoms with Gasteiger partial charge in [-0.25, -0.2) is 0 Å². The molecule has 1 unspecified atom stereocenters. The quantitative estimate of drug-likeness (QED) is 0.588. The Morgan fingerprint density at radius 3 is 2.61 bits per heavy atom. The summed E-state index contributed by atoms with van der Waals surface area (Å²) in [6, 6.07) is 7.84. The van der Waals surface area contributed by atoms with Crippen LogP contribution in [0, 0.1) is 5.92 Å². The molecule has 0 radical (unpaired) electrons. The number of hydrogen-bond donors (Lipinski definition) is 0. The molecule has 0 heterocycles.